The molecule has 3 nitrogen and oxygen atoms in total. The molecule has 0 spiro atoms. The van der Waals surface area contributed by atoms with Crippen molar-refractivity contribution in [3.8, 4) is 5.69 Å². The molecule has 3 rings (SSSR count). The van der Waals surface area contributed by atoms with E-state index in [1.807, 2.05) is 25.5 Å². The molecule has 0 aliphatic rings. The first-order valence-corrected chi connectivity index (χ1v) is 4.92. The molecule has 0 saturated heterocycles. The summed E-state index contributed by atoms with van der Waals surface area (Å²) in [6.45, 7) is 2.00. The molecule has 0 saturated carbocycles. The van der Waals surface area contributed by atoms with Gasteiger partial charge in [-0.05, 0) is 31.2 Å². The smallest absolute Gasteiger partial charge is 0.110 e. The van der Waals surface area contributed by atoms with Crippen LogP contribution in [0.3, 0.4) is 0 Å². The lowest BCUT2D eigenvalue weighted by Crippen LogP contribution is -1.94. The van der Waals surface area contributed by atoms with Crippen LogP contribution in [0.5, 0.6) is 0 Å². The van der Waals surface area contributed by atoms with Gasteiger partial charge in [-0.15, -0.1) is 0 Å². The summed E-state index contributed by atoms with van der Waals surface area (Å²) in [6.07, 6.45) is 5.75. The van der Waals surface area contributed by atoms with Crippen LogP contribution in [0.15, 0.2) is 42.9 Å². The Hall–Kier alpha value is -2.03. The molecule has 0 amide bonds. The SMILES string of the molecule is Cc1nccn1-c1ccc2[nH]ccc2c1. The van der Waals surface area contributed by atoms with Crippen LogP contribution in [0.25, 0.3) is 16.6 Å². The Morgan fingerprint density at radius 3 is 3.00 bits per heavy atom. The zero-order valence-electron chi connectivity index (χ0n) is 8.44. The molecular weight excluding hydrogens is 186 g/mol. The van der Waals surface area contributed by atoms with Gasteiger partial charge in [0.05, 0.1) is 0 Å². The summed E-state index contributed by atoms with van der Waals surface area (Å²) in [5, 5.41) is 1.22. The number of imidazole rings is 1. The number of H-pyrrole nitrogens is 1. The molecule has 15 heavy (non-hydrogen) atoms. The first-order valence-electron chi connectivity index (χ1n) is 4.92. The predicted octanol–water partition coefficient (Wildman–Crippen LogP) is 2.66. The van der Waals surface area contributed by atoms with E-state index in [1.165, 1.54) is 5.39 Å². The van der Waals surface area contributed by atoms with Gasteiger partial charge in [-0.25, -0.2) is 4.98 Å². The second kappa shape index (κ2) is 2.98. The van der Waals surface area contributed by atoms with Crippen LogP contribution in [-0.4, -0.2) is 14.5 Å². The summed E-state index contributed by atoms with van der Waals surface area (Å²) >= 11 is 0. The Morgan fingerprint density at radius 1 is 1.27 bits per heavy atom. The zero-order chi connectivity index (χ0) is 10.3. The van der Waals surface area contributed by atoms with E-state index in [0.717, 1.165) is 17.0 Å². The number of aryl methyl sites for hydroxylation is 1. The number of aromatic nitrogens is 3. The molecular formula is C12H11N3. The number of hydrogen-bond acceptors (Lipinski definition) is 1. The van der Waals surface area contributed by atoms with Crippen molar-refractivity contribution in [2.45, 2.75) is 6.92 Å². The minimum Gasteiger partial charge on any atom is -0.361 e. The van der Waals surface area contributed by atoms with Crippen LogP contribution in [-0.2, 0) is 0 Å². The molecule has 0 unspecified atom stereocenters. The predicted molar refractivity (Wildman–Crippen MR) is 60.2 cm³/mol. The third-order valence-corrected chi connectivity index (χ3v) is 2.64. The van der Waals surface area contributed by atoms with Crippen LogP contribution >= 0.6 is 0 Å². The fourth-order valence-electron chi connectivity index (χ4n) is 1.84. The molecule has 0 aliphatic carbocycles. The van der Waals surface area contributed by atoms with Crippen molar-refractivity contribution in [1.29, 1.82) is 0 Å². The lowest BCUT2D eigenvalue weighted by atomic mass is 10.2. The molecule has 74 valence electrons. The van der Waals surface area contributed by atoms with Gasteiger partial charge in [-0.3, -0.25) is 0 Å². The number of fused-ring (bicyclic) bond motifs is 1. The first kappa shape index (κ1) is 8.29. The van der Waals surface area contributed by atoms with E-state index in [-0.39, 0.29) is 0 Å². The molecule has 3 aromatic rings. The van der Waals surface area contributed by atoms with Crippen molar-refractivity contribution >= 4 is 10.9 Å². The van der Waals surface area contributed by atoms with E-state index in [4.69, 9.17) is 0 Å². The van der Waals surface area contributed by atoms with Crippen LogP contribution in [0, 0.1) is 6.92 Å². The van der Waals surface area contributed by atoms with Crippen molar-refractivity contribution in [2.75, 3.05) is 0 Å². The maximum Gasteiger partial charge on any atom is 0.110 e. The number of benzene rings is 1. The minimum atomic E-state index is 1.00. The van der Waals surface area contributed by atoms with Gasteiger partial charge >= 0.3 is 0 Å². The van der Waals surface area contributed by atoms with Crippen molar-refractivity contribution in [3.63, 3.8) is 0 Å². The lowest BCUT2D eigenvalue weighted by Gasteiger charge is -2.04. The normalized spacial score (nSPS) is 11.0. The third kappa shape index (κ3) is 1.24. The van der Waals surface area contributed by atoms with Crippen molar-refractivity contribution in [2.24, 2.45) is 0 Å². The monoisotopic (exact) mass is 197 g/mol. The Morgan fingerprint density at radius 2 is 2.20 bits per heavy atom. The number of nitrogens with zero attached hydrogens (tertiary/aromatic N) is 2. The summed E-state index contributed by atoms with van der Waals surface area (Å²) in [7, 11) is 0. The number of hydrogen-bond donors (Lipinski definition) is 1. The topological polar surface area (TPSA) is 33.6 Å². The van der Waals surface area contributed by atoms with E-state index in [2.05, 4.69) is 38.8 Å². The van der Waals surface area contributed by atoms with Gasteiger partial charge in [0.25, 0.3) is 0 Å². The average molecular weight is 197 g/mol. The van der Waals surface area contributed by atoms with E-state index in [9.17, 15) is 0 Å². The number of rotatable bonds is 1. The third-order valence-electron chi connectivity index (χ3n) is 2.64. The highest BCUT2D eigenvalue weighted by molar-refractivity contribution is 5.81. The van der Waals surface area contributed by atoms with Crippen molar-refractivity contribution in [3.05, 3.63) is 48.7 Å². The highest BCUT2D eigenvalue weighted by Crippen LogP contribution is 2.18. The zero-order valence-corrected chi connectivity index (χ0v) is 8.44. The van der Waals surface area contributed by atoms with Gasteiger partial charge in [0, 0.05) is 35.2 Å². The average Bonchev–Trinajstić information content (AvgIpc) is 2.84. The maximum absolute atomic E-state index is 4.22. The van der Waals surface area contributed by atoms with Crippen molar-refractivity contribution in [1.82, 2.24) is 14.5 Å². The molecule has 1 aromatic carbocycles. The molecule has 0 bridgehead atoms. The highest BCUT2D eigenvalue weighted by atomic mass is 15.1. The molecule has 0 fully saturated rings. The summed E-state index contributed by atoms with van der Waals surface area (Å²) in [4.78, 5) is 7.40. The maximum atomic E-state index is 4.22. The molecule has 0 atom stereocenters. The molecule has 2 heterocycles. The van der Waals surface area contributed by atoms with E-state index in [0.29, 0.717) is 0 Å². The van der Waals surface area contributed by atoms with Gasteiger partial charge in [0.1, 0.15) is 5.82 Å². The molecule has 0 aliphatic heterocycles. The van der Waals surface area contributed by atoms with Gasteiger partial charge in [-0.1, -0.05) is 0 Å². The Balaban J connectivity index is 2.23. The van der Waals surface area contributed by atoms with Gasteiger partial charge in [0.2, 0.25) is 0 Å². The molecule has 1 N–H and O–H groups in total. The van der Waals surface area contributed by atoms with Gasteiger partial charge in [-0.2, -0.15) is 0 Å². The second-order valence-electron chi connectivity index (χ2n) is 3.59. The number of nitrogens with one attached hydrogen (secondary N) is 1. The Bertz CT molecular complexity index is 604. The first-order chi connectivity index (χ1) is 7.34. The number of aromatic amines is 1. The summed E-state index contributed by atoms with van der Waals surface area (Å²) in [5.41, 5.74) is 2.31. The van der Waals surface area contributed by atoms with Crippen LogP contribution in [0.4, 0.5) is 0 Å². The van der Waals surface area contributed by atoms with Gasteiger partial charge < -0.3 is 9.55 Å². The van der Waals surface area contributed by atoms with E-state index >= 15 is 0 Å². The summed E-state index contributed by atoms with van der Waals surface area (Å²) in [6, 6.07) is 8.41. The minimum absolute atomic E-state index is 1.00. The Labute approximate surface area is 87.4 Å². The van der Waals surface area contributed by atoms with Crippen LogP contribution in [0.2, 0.25) is 0 Å². The fraction of sp³-hybridized carbons (Fsp3) is 0.0833. The summed E-state index contributed by atoms with van der Waals surface area (Å²) < 4.78 is 2.08. The molecule has 3 heteroatoms. The van der Waals surface area contributed by atoms with E-state index < -0.39 is 0 Å². The van der Waals surface area contributed by atoms with Gasteiger partial charge in [0.15, 0.2) is 0 Å². The largest absolute Gasteiger partial charge is 0.361 e. The van der Waals surface area contributed by atoms with E-state index in [1.54, 1.807) is 0 Å². The van der Waals surface area contributed by atoms with Crippen LogP contribution in [0.1, 0.15) is 5.82 Å². The Kier molecular flexibility index (Phi) is 1.65. The van der Waals surface area contributed by atoms with Crippen molar-refractivity contribution < 1.29 is 0 Å². The second-order valence-corrected chi connectivity index (χ2v) is 3.59. The highest BCUT2D eigenvalue weighted by Gasteiger charge is 2.01. The standard InChI is InChI=1S/C12H11N3/c1-9-13-6-7-15(9)11-2-3-12-10(8-11)4-5-14-12/h2-8,14H,1H3. The summed E-state index contributed by atoms with van der Waals surface area (Å²) in [5.74, 6) is 1.00. The lowest BCUT2D eigenvalue weighted by molar-refractivity contribution is 0.977. The molecule has 0 radical (unpaired) electrons. The van der Waals surface area contributed by atoms with Crippen LogP contribution < -0.4 is 0 Å². The molecule has 2 aromatic heterocycles. The quantitative estimate of drug-likeness (QED) is 0.639. The fourth-order valence-corrected chi connectivity index (χ4v) is 1.84.